The number of piperazine rings is 1. The van der Waals surface area contributed by atoms with Crippen LogP contribution in [0.1, 0.15) is 34.9 Å². The van der Waals surface area contributed by atoms with Crippen molar-refractivity contribution in [3.05, 3.63) is 17.5 Å². The van der Waals surface area contributed by atoms with E-state index in [1.165, 1.54) is 12.8 Å². The SMILES string of the molecule is Cl.O=C(NCCN1CCNCC1)c1cc(C2CC2)[nH]n1. The highest BCUT2D eigenvalue weighted by molar-refractivity contribution is 5.92. The number of aromatic nitrogens is 2. The highest BCUT2D eigenvalue weighted by atomic mass is 35.5. The molecule has 1 amide bonds. The summed E-state index contributed by atoms with van der Waals surface area (Å²) in [5, 5.41) is 13.3. The predicted molar refractivity (Wildman–Crippen MR) is 79.5 cm³/mol. The summed E-state index contributed by atoms with van der Waals surface area (Å²) < 4.78 is 0. The van der Waals surface area contributed by atoms with Gasteiger partial charge in [0.05, 0.1) is 0 Å². The molecule has 2 heterocycles. The first-order chi connectivity index (χ1) is 9.33. The lowest BCUT2D eigenvalue weighted by molar-refractivity contribution is 0.0942. The fourth-order valence-electron chi connectivity index (χ4n) is 2.41. The number of carbonyl (C=O) groups excluding carboxylic acids is 1. The minimum Gasteiger partial charge on any atom is -0.349 e. The molecule has 0 aromatic carbocycles. The lowest BCUT2D eigenvalue weighted by atomic mass is 10.2. The third-order valence-corrected chi connectivity index (χ3v) is 3.77. The highest BCUT2D eigenvalue weighted by Crippen LogP contribution is 2.38. The van der Waals surface area contributed by atoms with Crippen molar-refractivity contribution in [3.63, 3.8) is 0 Å². The van der Waals surface area contributed by atoms with Gasteiger partial charge >= 0.3 is 0 Å². The number of hydrogen-bond acceptors (Lipinski definition) is 4. The summed E-state index contributed by atoms with van der Waals surface area (Å²) in [6.45, 7) is 5.79. The average molecular weight is 300 g/mol. The van der Waals surface area contributed by atoms with E-state index in [0.29, 0.717) is 18.2 Å². The van der Waals surface area contributed by atoms with E-state index in [0.717, 1.165) is 38.4 Å². The Labute approximate surface area is 125 Å². The number of hydrogen-bond donors (Lipinski definition) is 3. The molecule has 3 N–H and O–H groups in total. The Bertz CT molecular complexity index is 440. The van der Waals surface area contributed by atoms with E-state index in [1.54, 1.807) is 0 Å². The number of nitrogens with one attached hydrogen (secondary N) is 3. The summed E-state index contributed by atoms with van der Waals surface area (Å²) in [4.78, 5) is 14.3. The molecule has 7 heteroatoms. The Hall–Kier alpha value is -1.11. The number of amides is 1. The number of halogens is 1. The fraction of sp³-hybridized carbons (Fsp3) is 0.692. The third kappa shape index (κ3) is 3.94. The number of carbonyl (C=O) groups is 1. The van der Waals surface area contributed by atoms with Gasteiger partial charge in [0.25, 0.3) is 5.91 Å². The van der Waals surface area contributed by atoms with Crippen LogP contribution < -0.4 is 10.6 Å². The summed E-state index contributed by atoms with van der Waals surface area (Å²) in [6.07, 6.45) is 2.43. The molecular formula is C13H22ClN5O. The first-order valence-electron chi connectivity index (χ1n) is 7.09. The second-order valence-corrected chi connectivity index (χ2v) is 5.33. The second-order valence-electron chi connectivity index (χ2n) is 5.33. The molecule has 0 atom stereocenters. The minimum atomic E-state index is -0.0710. The Morgan fingerprint density at radius 2 is 2.15 bits per heavy atom. The molecule has 112 valence electrons. The second kappa shape index (κ2) is 7.06. The first kappa shape index (κ1) is 15.3. The zero-order valence-corrected chi connectivity index (χ0v) is 12.3. The van der Waals surface area contributed by atoms with Gasteiger partial charge in [-0.15, -0.1) is 12.4 Å². The maximum absolute atomic E-state index is 11.9. The number of nitrogens with zero attached hydrogens (tertiary/aromatic N) is 2. The molecular weight excluding hydrogens is 278 g/mol. The maximum atomic E-state index is 11.9. The zero-order valence-electron chi connectivity index (χ0n) is 11.5. The molecule has 0 radical (unpaired) electrons. The Morgan fingerprint density at radius 1 is 1.40 bits per heavy atom. The smallest absolute Gasteiger partial charge is 0.271 e. The van der Waals surface area contributed by atoms with Crippen LogP contribution in [0.25, 0.3) is 0 Å². The van der Waals surface area contributed by atoms with Crippen molar-refractivity contribution in [1.29, 1.82) is 0 Å². The molecule has 20 heavy (non-hydrogen) atoms. The molecule has 1 aromatic rings. The number of H-pyrrole nitrogens is 1. The standard InChI is InChI=1S/C13H21N5O.ClH/c19-13(12-9-11(16-17-12)10-1-2-10)15-5-8-18-6-3-14-4-7-18;/h9-10,14H,1-8H2,(H,15,19)(H,16,17);1H. The Kier molecular flexibility index (Phi) is 5.39. The molecule has 3 rings (SSSR count). The van der Waals surface area contributed by atoms with Gasteiger partial charge < -0.3 is 10.6 Å². The van der Waals surface area contributed by atoms with Crippen molar-refractivity contribution in [1.82, 2.24) is 25.7 Å². The number of rotatable bonds is 5. The van der Waals surface area contributed by atoms with Crippen LogP contribution in [0.15, 0.2) is 6.07 Å². The maximum Gasteiger partial charge on any atom is 0.271 e. The molecule has 1 aliphatic heterocycles. The van der Waals surface area contributed by atoms with Crippen LogP contribution in [0, 0.1) is 0 Å². The van der Waals surface area contributed by atoms with Crippen LogP contribution in [0.2, 0.25) is 0 Å². The third-order valence-electron chi connectivity index (χ3n) is 3.77. The lowest BCUT2D eigenvalue weighted by Gasteiger charge is -2.26. The van der Waals surface area contributed by atoms with Gasteiger partial charge in [-0.3, -0.25) is 14.8 Å². The molecule has 1 aliphatic carbocycles. The van der Waals surface area contributed by atoms with Crippen LogP contribution in [0.4, 0.5) is 0 Å². The summed E-state index contributed by atoms with van der Waals surface area (Å²) >= 11 is 0. The van der Waals surface area contributed by atoms with Crippen LogP contribution in [0.3, 0.4) is 0 Å². The van der Waals surface area contributed by atoms with E-state index in [-0.39, 0.29) is 18.3 Å². The van der Waals surface area contributed by atoms with E-state index in [4.69, 9.17) is 0 Å². The van der Waals surface area contributed by atoms with Crippen molar-refractivity contribution in [2.45, 2.75) is 18.8 Å². The minimum absolute atomic E-state index is 0. The summed E-state index contributed by atoms with van der Waals surface area (Å²) in [7, 11) is 0. The number of aromatic amines is 1. The Balaban J connectivity index is 0.00000147. The van der Waals surface area contributed by atoms with Crippen LogP contribution >= 0.6 is 12.4 Å². The van der Waals surface area contributed by atoms with Gasteiger partial charge in [-0.2, -0.15) is 5.10 Å². The van der Waals surface area contributed by atoms with E-state index >= 15 is 0 Å². The monoisotopic (exact) mass is 299 g/mol. The van der Waals surface area contributed by atoms with Gasteiger partial charge in [0.1, 0.15) is 5.69 Å². The molecule has 1 saturated carbocycles. The average Bonchev–Trinajstić information content (AvgIpc) is 3.17. The topological polar surface area (TPSA) is 73.1 Å². The van der Waals surface area contributed by atoms with Gasteiger partial charge in [0.2, 0.25) is 0 Å². The van der Waals surface area contributed by atoms with Crippen LogP contribution in [0.5, 0.6) is 0 Å². The van der Waals surface area contributed by atoms with Crippen molar-refractivity contribution in [3.8, 4) is 0 Å². The highest BCUT2D eigenvalue weighted by Gasteiger charge is 2.26. The zero-order chi connectivity index (χ0) is 13.1. The molecule has 0 spiro atoms. The largest absolute Gasteiger partial charge is 0.349 e. The molecule has 2 fully saturated rings. The van der Waals surface area contributed by atoms with Crippen molar-refractivity contribution >= 4 is 18.3 Å². The molecule has 1 aromatic heterocycles. The van der Waals surface area contributed by atoms with Gasteiger partial charge in [-0.25, -0.2) is 0 Å². The van der Waals surface area contributed by atoms with E-state index in [2.05, 4.69) is 25.7 Å². The van der Waals surface area contributed by atoms with Crippen molar-refractivity contribution in [2.24, 2.45) is 0 Å². The van der Waals surface area contributed by atoms with Crippen molar-refractivity contribution < 1.29 is 4.79 Å². The summed E-state index contributed by atoms with van der Waals surface area (Å²) in [5.41, 5.74) is 1.62. The lowest BCUT2D eigenvalue weighted by Crippen LogP contribution is -2.46. The summed E-state index contributed by atoms with van der Waals surface area (Å²) in [6, 6.07) is 1.89. The van der Waals surface area contributed by atoms with Gasteiger partial charge in [0, 0.05) is 50.9 Å². The molecule has 0 bridgehead atoms. The van der Waals surface area contributed by atoms with E-state index in [9.17, 15) is 4.79 Å². The quantitative estimate of drug-likeness (QED) is 0.733. The van der Waals surface area contributed by atoms with Crippen LogP contribution in [-0.2, 0) is 0 Å². The molecule has 2 aliphatic rings. The fourth-order valence-corrected chi connectivity index (χ4v) is 2.41. The molecule has 6 nitrogen and oxygen atoms in total. The van der Waals surface area contributed by atoms with Gasteiger partial charge in [-0.1, -0.05) is 0 Å². The van der Waals surface area contributed by atoms with E-state index in [1.807, 2.05) is 6.07 Å². The molecule has 0 unspecified atom stereocenters. The normalized spacial score (nSPS) is 19.4. The van der Waals surface area contributed by atoms with Gasteiger partial charge in [0.15, 0.2) is 0 Å². The summed E-state index contributed by atoms with van der Waals surface area (Å²) in [5.74, 6) is 0.535. The molecule has 1 saturated heterocycles. The van der Waals surface area contributed by atoms with E-state index < -0.39 is 0 Å². The predicted octanol–water partition coefficient (Wildman–Crippen LogP) is 0.344. The first-order valence-corrected chi connectivity index (χ1v) is 7.09. The van der Waals surface area contributed by atoms with Crippen molar-refractivity contribution in [2.75, 3.05) is 39.3 Å². The van der Waals surface area contributed by atoms with Gasteiger partial charge in [-0.05, 0) is 18.9 Å². The van der Waals surface area contributed by atoms with Crippen LogP contribution in [-0.4, -0.2) is 60.3 Å². The Morgan fingerprint density at radius 3 is 2.85 bits per heavy atom.